The predicted molar refractivity (Wildman–Crippen MR) is 125 cm³/mol. The number of aromatic amines is 1. The van der Waals surface area contributed by atoms with Gasteiger partial charge in [0.2, 0.25) is 0 Å². The Morgan fingerprint density at radius 3 is 2.91 bits per heavy atom. The molecule has 8 rings (SSSR count). The van der Waals surface area contributed by atoms with E-state index >= 15 is 0 Å². The highest BCUT2D eigenvalue weighted by atomic mass is 16.3. The minimum atomic E-state index is 0.113. The lowest BCUT2D eigenvalue weighted by Crippen LogP contribution is -2.69. The number of amides is 1. The number of carbonyl (C=O) groups excluding carboxylic acids is 1. The Labute approximate surface area is 195 Å². The van der Waals surface area contributed by atoms with Gasteiger partial charge in [-0.25, -0.2) is 0 Å². The summed E-state index contributed by atoms with van der Waals surface area (Å²) >= 11 is 0. The van der Waals surface area contributed by atoms with Crippen LogP contribution in [-0.2, 0) is 11.8 Å². The van der Waals surface area contributed by atoms with Gasteiger partial charge in [0.15, 0.2) is 0 Å². The molecule has 2 aliphatic heterocycles. The highest BCUT2D eigenvalue weighted by Gasteiger charge is 2.76. The molecular formula is C28H33N3O2. The van der Waals surface area contributed by atoms with Gasteiger partial charge < -0.3 is 15.0 Å². The van der Waals surface area contributed by atoms with Gasteiger partial charge >= 0.3 is 0 Å². The molecule has 0 radical (unpaired) electrons. The molecule has 6 atom stereocenters. The summed E-state index contributed by atoms with van der Waals surface area (Å²) in [7, 11) is 0. The monoisotopic (exact) mass is 443 g/mol. The maximum absolute atomic E-state index is 13.5. The van der Waals surface area contributed by atoms with E-state index in [9.17, 15) is 9.90 Å². The van der Waals surface area contributed by atoms with Crippen molar-refractivity contribution >= 4 is 5.91 Å². The number of H-pyrrole nitrogens is 1. The SMILES string of the molecule is O=C(c1ccc[nH]1)N1C[C@H]2CC34CCC1C2C31CCN(CC2CC2)C4Cc2ccc(O)cc21. The first-order valence-electron chi connectivity index (χ1n) is 13.1. The Morgan fingerprint density at radius 2 is 2.09 bits per heavy atom. The summed E-state index contributed by atoms with van der Waals surface area (Å²) in [5.74, 6) is 2.61. The number of hydrogen-bond acceptors (Lipinski definition) is 3. The third kappa shape index (κ3) is 2.25. The van der Waals surface area contributed by atoms with Gasteiger partial charge in [-0.3, -0.25) is 9.69 Å². The second kappa shape index (κ2) is 6.24. The highest BCUT2D eigenvalue weighted by Crippen LogP contribution is 2.75. The Morgan fingerprint density at radius 1 is 1.18 bits per heavy atom. The van der Waals surface area contributed by atoms with E-state index in [0.29, 0.717) is 35.1 Å². The van der Waals surface area contributed by atoms with Gasteiger partial charge in [-0.2, -0.15) is 0 Å². The van der Waals surface area contributed by atoms with Crippen LogP contribution in [0.15, 0.2) is 36.5 Å². The first-order valence-corrected chi connectivity index (χ1v) is 13.1. The molecule has 2 aromatic rings. The first kappa shape index (κ1) is 19.1. The molecule has 4 bridgehead atoms. The molecule has 5 fully saturated rings. The molecule has 6 aliphatic rings. The molecule has 2 saturated heterocycles. The van der Waals surface area contributed by atoms with Crippen molar-refractivity contribution in [3.05, 3.63) is 53.3 Å². The third-order valence-corrected chi connectivity index (χ3v) is 10.9. The number of hydrogen-bond donors (Lipinski definition) is 2. The predicted octanol–water partition coefficient (Wildman–Crippen LogP) is 3.94. The zero-order valence-corrected chi connectivity index (χ0v) is 19.2. The molecular weight excluding hydrogens is 410 g/mol. The zero-order valence-electron chi connectivity index (χ0n) is 19.2. The second-order valence-corrected chi connectivity index (χ2v) is 12.0. The van der Waals surface area contributed by atoms with Crippen molar-refractivity contribution < 1.29 is 9.90 Å². The quantitative estimate of drug-likeness (QED) is 0.756. The van der Waals surface area contributed by atoms with Crippen LogP contribution in [0.25, 0.3) is 0 Å². The van der Waals surface area contributed by atoms with Crippen molar-refractivity contribution in [1.29, 1.82) is 0 Å². The van der Waals surface area contributed by atoms with E-state index in [-0.39, 0.29) is 11.3 Å². The smallest absolute Gasteiger partial charge is 0.270 e. The highest BCUT2D eigenvalue weighted by molar-refractivity contribution is 5.93. The summed E-state index contributed by atoms with van der Waals surface area (Å²) in [5, 5.41) is 10.6. The second-order valence-electron chi connectivity index (χ2n) is 12.0. The average molecular weight is 444 g/mol. The Balaban J connectivity index is 1.27. The summed E-state index contributed by atoms with van der Waals surface area (Å²) in [5.41, 5.74) is 4.06. The van der Waals surface area contributed by atoms with Gasteiger partial charge in [0.1, 0.15) is 11.4 Å². The lowest BCUT2D eigenvalue weighted by molar-refractivity contribution is -0.102. The molecule has 172 valence electrons. The van der Waals surface area contributed by atoms with E-state index < -0.39 is 0 Å². The number of likely N-dealkylation sites (tertiary alicyclic amines) is 2. The fourth-order valence-corrected chi connectivity index (χ4v) is 9.80. The fraction of sp³-hybridized carbons (Fsp3) is 0.607. The average Bonchev–Trinajstić information content (AvgIpc) is 3.24. The number of carbonyl (C=O) groups is 1. The minimum Gasteiger partial charge on any atom is -0.508 e. The largest absolute Gasteiger partial charge is 0.508 e. The van der Waals surface area contributed by atoms with Crippen LogP contribution in [0, 0.1) is 23.2 Å². The maximum atomic E-state index is 13.5. The van der Waals surface area contributed by atoms with E-state index in [2.05, 4.69) is 26.9 Å². The third-order valence-electron chi connectivity index (χ3n) is 10.9. The molecule has 3 heterocycles. The number of phenolic OH excluding ortho intramolecular Hbond substituents is 1. The molecule has 0 spiro atoms. The molecule has 5 unspecified atom stereocenters. The van der Waals surface area contributed by atoms with Gasteiger partial charge in [0.05, 0.1) is 0 Å². The van der Waals surface area contributed by atoms with Crippen molar-refractivity contribution in [2.24, 2.45) is 23.2 Å². The number of nitrogens with zero attached hydrogens (tertiary/aromatic N) is 2. The summed E-state index contributed by atoms with van der Waals surface area (Å²) in [6.45, 7) is 3.37. The van der Waals surface area contributed by atoms with Crippen molar-refractivity contribution in [2.75, 3.05) is 19.6 Å². The van der Waals surface area contributed by atoms with E-state index in [1.165, 1.54) is 56.3 Å². The lowest BCUT2D eigenvalue weighted by Gasteiger charge is -2.66. The number of aromatic hydroxyl groups is 1. The van der Waals surface area contributed by atoms with Crippen LogP contribution in [0.5, 0.6) is 5.75 Å². The van der Waals surface area contributed by atoms with E-state index in [1.54, 1.807) is 0 Å². The molecule has 4 aliphatic carbocycles. The van der Waals surface area contributed by atoms with Gasteiger partial charge in [-0.15, -0.1) is 0 Å². The molecule has 1 aromatic heterocycles. The molecule has 5 nitrogen and oxygen atoms in total. The van der Waals surface area contributed by atoms with E-state index in [0.717, 1.165) is 31.0 Å². The number of piperidine rings is 1. The minimum absolute atomic E-state index is 0.113. The summed E-state index contributed by atoms with van der Waals surface area (Å²) in [6, 6.07) is 11.0. The molecule has 5 heteroatoms. The normalized spacial score (nSPS) is 40.5. The molecule has 2 N–H and O–H groups in total. The van der Waals surface area contributed by atoms with Crippen molar-refractivity contribution in [1.82, 2.24) is 14.8 Å². The Kier molecular flexibility index (Phi) is 3.61. The number of aromatic nitrogens is 1. The number of rotatable bonds is 3. The lowest BCUT2D eigenvalue weighted by atomic mass is 9.43. The van der Waals surface area contributed by atoms with Gasteiger partial charge in [-0.1, -0.05) is 6.07 Å². The number of fused-ring (bicyclic) bond motifs is 1. The number of nitrogens with one attached hydrogen (secondary N) is 1. The standard InChI is InChI=1S/C28H33N3O2/c32-20-6-5-18-12-24-27-8-7-23-25(19(14-27)16-31(23)26(33)22-2-1-10-29-22)28(27,21(18)13-20)9-11-30(24)15-17-3-4-17/h1-2,5-6,10,13,17,19,23-25,29,32H,3-4,7-9,11-12,14-16H2/t19-,23?,24?,25?,27?,28?/m1/s1. The summed E-state index contributed by atoms with van der Waals surface area (Å²) < 4.78 is 0. The first-order chi connectivity index (χ1) is 16.1. The van der Waals surface area contributed by atoms with Crippen LogP contribution in [0.2, 0.25) is 0 Å². The topological polar surface area (TPSA) is 59.6 Å². The van der Waals surface area contributed by atoms with E-state index in [4.69, 9.17) is 0 Å². The summed E-state index contributed by atoms with van der Waals surface area (Å²) in [6.07, 6.45) is 10.6. The number of phenols is 1. The van der Waals surface area contributed by atoms with Gasteiger partial charge in [-0.05, 0) is 110 Å². The van der Waals surface area contributed by atoms with Crippen LogP contribution < -0.4 is 0 Å². The van der Waals surface area contributed by atoms with Crippen LogP contribution in [0.4, 0.5) is 0 Å². The number of benzene rings is 1. The van der Waals surface area contributed by atoms with Crippen molar-refractivity contribution in [3.63, 3.8) is 0 Å². The molecule has 1 aromatic carbocycles. The Bertz CT molecular complexity index is 1140. The fourth-order valence-electron chi connectivity index (χ4n) is 9.80. The summed E-state index contributed by atoms with van der Waals surface area (Å²) in [4.78, 5) is 21.7. The molecule has 1 amide bonds. The van der Waals surface area contributed by atoms with Crippen molar-refractivity contribution in [2.45, 2.75) is 62.4 Å². The maximum Gasteiger partial charge on any atom is 0.270 e. The van der Waals surface area contributed by atoms with Crippen molar-refractivity contribution in [3.8, 4) is 5.75 Å². The van der Waals surface area contributed by atoms with Crippen LogP contribution in [0.1, 0.15) is 60.1 Å². The van der Waals surface area contributed by atoms with Gasteiger partial charge in [0, 0.05) is 36.8 Å². The molecule has 3 saturated carbocycles. The molecule has 33 heavy (non-hydrogen) atoms. The zero-order chi connectivity index (χ0) is 21.9. The van der Waals surface area contributed by atoms with Gasteiger partial charge in [0.25, 0.3) is 5.91 Å². The van der Waals surface area contributed by atoms with Crippen LogP contribution in [0.3, 0.4) is 0 Å². The Hall–Kier alpha value is -2.27. The van der Waals surface area contributed by atoms with Crippen LogP contribution >= 0.6 is 0 Å². The van der Waals surface area contributed by atoms with Crippen LogP contribution in [-0.4, -0.2) is 57.5 Å². The van der Waals surface area contributed by atoms with E-state index in [1.807, 2.05) is 24.4 Å².